The lowest BCUT2D eigenvalue weighted by molar-refractivity contribution is -0.137. The number of anilines is 1. The molecule has 1 fully saturated rings. The first kappa shape index (κ1) is 25.1. The summed E-state index contributed by atoms with van der Waals surface area (Å²) in [7, 11) is 0. The Bertz CT molecular complexity index is 1140. The maximum absolute atomic E-state index is 13.1. The number of thiocarbonyl (C=S) groups is 1. The molecule has 6 nitrogen and oxygen atoms in total. The molecule has 0 radical (unpaired) electrons. The van der Waals surface area contributed by atoms with Crippen LogP contribution in [0, 0.1) is 0 Å². The van der Waals surface area contributed by atoms with Crippen LogP contribution in [0.25, 0.3) is 6.08 Å². The largest absolute Gasteiger partial charge is 0.490 e. The average Bonchev–Trinajstić information content (AvgIpc) is 3.03. The Hall–Kier alpha value is -2.57. The highest BCUT2D eigenvalue weighted by Gasteiger charge is 2.33. The maximum atomic E-state index is 13.1. The summed E-state index contributed by atoms with van der Waals surface area (Å²) < 4.78 is 51.3. The Labute approximate surface area is 205 Å². The first-order chi connectivity index (χ1) is 15.6. The fraction of sp³-hybridized carbons (Fsp3) is 0.190. The van der Waals surface area contributed by atoms with Gasteiger partial charge < -0.3 is 20.1 Å². The molecule has 0 aromatic heterocycles. The van der Waals surface area contributed by atoms with Gasteiger partial charge in [-0.15, -0.1) is 0 Å². The third-order valence-electron chi connectivity index (χ3n) is 4.13. The van der Waals surface area contributed by atoms with Gasteiger partial charge in [0.05, 0.1) is 27.2 Å². The maximum Gasteiger partial charge on any atom is 0.418 e. The molecule has 1 aliphatic heterocycles. The van der Waals surface area contributed by atoms with Crippen molar-refractivity contribution < 1.29 is 32.2 Å². The second-order valence-corrected chi connectivity index (χ2v) is 9.07. The first-order valence-corrected chi connectivity index (χ1v) is 11.4. The third kappa shape index (κ3) is 6.49. The minimum atomic E-state index is -4.61. The monoisotopic (exact) mass is 560 g/mol. The fourth-order valence-corrected chi connectivity index (χ4v) is 4.43. The lowest BCUT2D eigenvalue weighted by Crippen LogP contribution is -2.22. The van der Waals surface area contributed by atoms with Crippen molar-refractivity contribution in [3.8, 4) is 11.5 Å². The van der Waals surface area contributed by atoms with E-state index in [1.54, 1.807) is 25.1 Å². The molecule has 3 rings (SSSR count). The lowest BCUT2D eigenvalue weighted by atomic mass is 10.1. The number of benzene rings is 2. The SMILES string of the molecule is CCOc1cc(/C=C2\SC(=S)NC2=O)cc(Br)c1OCC(=O)Nc1ccccc1C(F)(F)F. The van der Waals surface area contributed by atoms with Crippen LogP contribution in [0.4, 0.5) is 18.9 Å². The van der Waals surface area contributed by atoms with Gasteiger partial charge in [-0.25, -0.2) is 0 Å². The van der Waals surface area contributed by atoms with Gasteiger partial charge in [-0.3, -0.25) is 9.59 Å². The summed E-state index contributed by atoms with van der Waals surface area (Å²) in [6, 6.07) is 7.92. The molecule has 0 atom stereocenters. The predicted molar refractivity (Wildman–Crippen MR) is 127 cm³/mol. The molecule has 1 saturated heterocycles. The topological polar surface area (TPSA) is 76.7 Å². The summed E-state index contributed by atoms with van der Waals surface area (Å²) in [5.74, 6) is -0.611. The van der Waals surface area contributed by atoms with E-state index in [4.69, 9.17) is 21.7 Å². The van der Waals surface area contributed by atoms with Gasteiger partial charge in [-0.05, 0) is 58.8 Å². The number of rotatable bonds is 7. The van der Waals surface area contributed by atoms with Crippen molar-refractivity contribution >= 4 is 67.8 Å². The van der Waals surface area contributed by atoms with Gasteiger partial charge in [-0.1, -0.05) is 36.1 Å². The van der Waals surface area contributed by atoms with Crippen molar-refractivity contribution in [3.63, 3.8) is 0 Å². The number of para-hydroxylation sites is 1. The Morgan fingerprint density at radius 1 is 1.27 bits per heavy atom. The van der Waals surface area contributed by atoms with E-state index in [0.717, 1.165) is 23.9 Å². The quantitative estimate of drug-likeness (QED) is 0.350. The van der Waals surface area contributed by atoms with Crippen molar-refractivity contribution in [1.82, 2.24) is 5.32 Å². The van der Waals surface area contributed by atoms with Crippen LogP contribution in [0.1, 0.15) is 18.1 Å². The highest BCUT2D eigenvalue weighted by Crippen LogP contribution is 2.39. The Morgan fingerprint density at radius 2 is 2.00 bits per heavy atom. The molecule has 1 heterocycles. The smallest absolute Gasteiger partial charge is 0.418 e. The van der Waals surface area contributed by atoms with Gasteiger partial charge in [0.2, 0.25) is 0 Å². The summed E-state index contributed by atoms with van der Waals surface area (Å²) in [6.07, 6.45) is -2.99. The van der Waals surface area contributed by atoms with Gasteiger partial charge in [0, 0.05) is 0 Å². The molecule has 0 unspecified atom stereocenters. The van der Waals surface area contributed by atoms with E-state index in [2.05, 4.69) is 26.6 Å². The molecule has 12 heteroatoms. The Morgan fingerprint density at radius 3 is 2.64 bits per heavy atom. The van der Waals surface area contributed by atoms with Crippen molar-refractivity contribution in [3.05, 3.63) is 56.9 Å². The second kappa shape index (κ2) is 10.6. The minimum absolute atomic E-state index is 0.192. The summed E-state index contributed by atoms with van der Waals surface area (Å²) in [5, 5.41) is 4.74. The first-order valence-electron chi connectivity index (χ1n) is 9.38. The van der Waals surface area contributed by atoms with Crippen LogP contribution in [-0.2, 0) is 15.8 Å². The van der Waals surface area contributed by atoms with Crippen molar-refractivity contribution in [2.45, 2.75) is 13.1 Å². The lowest BCUT2D eigenvalue weighted by Gasteiger charge is -2.16. The highest BCUT2D eigenvalue weighted by molar-refractivity contribution is 9.10. The third-order valence-corrected chi connectivity index (χ3v) is 5.88. The van der Waals surface area contributed by atoms with Crippen LogP contribution >= 0.6 is 39.9 Å². The number of carbonyl (C=O) groups is 2. The van der Waals surface area contributed by atoms with Crippen LogP contribution < -0.4 is 20.1 Å². The molecular formula is C21H16BrF3N2O4S2. The molecule has 2 amide bonds. The van der Waals surface area contributed by atoms with E-state index in [0.29, 0.717) is 19.3 Å². The zero-order valence-electron chi connectivity index (χ0n) is 16.9. The molecule has 2 N–H and O–H groups in total. The van der Waals surface area contributed by atoms with E-state index in [-0.39, 0.29) is 29.7 Å². The van der Waals surface area contributed by atoms with E-state index in [1.165, 1.54) is 12.1 Å². The standard InChI is InChI=1S/C21H16BrF3N2O4S2/c1-2-30-15-8-11(9-16-19(29)27-20(32)33-16)7-13(22)18(15)31-10-17(28)26-14-6-4-3-5-12(14)21(23,24)25/h3-9H,2,10H2,1H3,(H,26,28)(H,27,29,32)/b16-9-. The molecule has 0 saturated carbocycles. The number of amides is 2. The number of alkyl halides is 3. The molecular weight excluding hydrogens is 545 g/mol. The van der Waals surface area contributed by atoms with Gasteiger partial charge in [0.1, 0.15) is 4.32 Å². The number of thioether (sulfide) groups is 1. The molecule has 174 valence electrons. The van der Waals surface area contributed by atoms with Crippen LogP contribution in [0.3, 0.4) is 0 Å². The van der Waals surface area contributed by atoms with Gasteiger partial charge in [0.25, 0.3) is 11.8 Å². The van der Waals surface area contributed by atoms with Crippen LogP contribution in [0.2, 0.25) is 0 Å². The zero-order valence-corrected chi connectivity index (χ0v) is 20.1. The molecule has 0 aliphatic carbocycles. The second-order valence-electron chi connectivity index (χ2n) is 6.50. The summed E-state index contributed by atoms with van der Waals surface area (Å²) in [4.78, 5) is 24.6. The summed E-state index contributed by atoms with van der Waals surface area (Å²) >= 11 is 9.45. The Balaban J connectivity index is 1.77. The molecule has 1 aliphatic rings. The van der Waals surface area contributed by atoms with E-state index in [1.807, 2.05) is 0 Å². The fourth-order valence-electron chi connectivity index (χ4n) is 2.81. The Kier molecular flexibility index (Phi) is 8.03. The van der Waals surface area contributed by atoms with E-state index < -0.39 is 24.3 Å². The van der Waals surface area contributed by atoms with Gasteiger partial charge in [-0.2, -0.15) is 13.2 Å². The number of halogens is 4. The number of hydrogen-bond acceptors (Lipinski definition) is 6. The van der Waals surface area contributed by atoms with Crippen LogP contribution in [-0.4, -0.2) is 29.3 Å². The van der Waals surface area contributed by atoms with Crippen LogP contribution in [0.15, 0.2) is 45.8 Å². The summed E-state index contributed by atoms with van der Waals surface area (Å²) in [6.45, 7) is 1.48. The number of nitrogens with one attached hydrogen (secondary N) is 2. The minimum Gasteiger partial charge on any atom is -0.490 e. The van der Waals surface area contributed by atoms with E-state index in [9.17, 15) is 22.8 Å². The molecule has 0 spiro atoms. The number of carbonyl (C=O) groups excluding carboxylic acids is 2. The average molecular weight is 561 g/mol. The number of ether oxygens (including phenoxy) is 2. The number of hydrogen-bond donors (Lipinski definition) is 2. The molecule has 2 aromatic carbocycles. The zero-order chi connectivity index (χ0) is 24.2. The normalized spacial score (nSPS) is 14.9. The molecule has 0 bridgehead atoms. The van der Waals surface area contributed by atoms with Crippen molar-refractivity contribution in [2.24, 2.45) is 0 Å². The van der Waals surface area contributed by atoms with Gasteiger partial charge in [0.15, 0.2) is 18.1 Å². The highest BCUT2D eigenvalue weighted by atomic mass is 79.9. The van der Waals surface area contributed by atoms with Crippen molar-refractivity contribution in [1.29, 1.82) is 0 Å². The molecule has 2 aromatic rings. The van der Waals surface area contributed by atoms with E-state index >= 15 is 0 Å². The van der Waals surface area contributed by atoms with Crippen LogP contribution in [0.5, 0.6) is 11.5 Å². The molecule has 33 heavy (non-hydrogen) atoms. The van der Waals surface area contributed by atoms with Gasteiger partial charge >= 0.3 is 6.18 Å². The predicted octanol–water partition coefficient (Wildman–Crippen LogP) is 5.37. The van der Waals surface area contributed by atoms with Crippen molar-refractivity contribution in [2.75, 3.05) is 18.5 Å². The summed E-state index contributed by atoms with van der Waals surface area (Å²) in [5.41, 5.74) is -0.710.